The molecule has 5 heteroatoms. The van der Waals surface area contributed by atoms with Gasteiger partial charge in [-0.25, -0.2) is 0 Å². The van der Waals surface area contributed by atoms with Crippen LogP contribution in [0.25, 0.3) is 0 Å². The smallest absolute Gasteiger partial charge is 0.248 e. The summed E-state index contributed by atoms with van der Waals surface area (Å²) in [4.78, 5) is 11.9. The van der Waals surface area contributed by atoms with E-state index in [4.69, 9.17) is 4.74 Å². The summed E-state index contributed by atoms with van der Waals surface area (Å²) in [5, 5.41) is 6.01. The molecule has 1 rings (SSSR count). The molecule has 2 N–H and O–H groups in total. The molecule has 1 aliphatic rings. The van der Waals surface area contributed by atoms with Crippen LogP contribution in [0.5, 0.6) is 0 Å². The van der Waals surface area contributed by atoms with Crippen molar-refractivity contribution < 1.29 is 9.53 Å². The maximum absolute atomic E-state index is 11.9. The van der Waals surface area contributed by atoms with Gasteiger partial charge in [0, 0.05) is 12.6 Å². The quantitative estimate of drug-likeness (QED) is 0.738. The van der Waals surface area contributed by atoms with Crippen molar-refractivity contribution in [2.45, 2.75) is 70.6 Å². The first kappa shape index (κ1) is 18.7. The fourth-order valence-electron chi connectivity index (χ4n) is 2.23. The number of halogens is 1. The van der Waals surface area contributed by atoms with E-state index in [1.807, 2.05) is 20.9 Å². The van der Waals surface area contributed by atoms with Gasteiger partial charge in [-0.1, -0.05) is 25.7 Å². The number of hydrogen-bond acceptors (Lipinski definition) is 3. The number of carbonyl (C=O) groups excluding carboxylic acids is 1. The first-order chi connectivity index (χ1) is 8.63. The van der Waals surface area contributed by atoms with Crippen LogP contribution in [-0.4, -0.2) is 37.7 Å². The molecule has 0 aliphatic heterocycles. The topological polar surface area (TPSA) is 50.4 Å². The maximum Gasteiger partial charge on any atom is 0.248 e. The van der Waals surface area contributed by atoms with E-state index in [9.17, 15) is 4.79 Å². The minimum absolute atomic E-state index is 0. The molecular formula is C14H29ClN2O2. The lowest BCUT2D eigenvalue weighted by Gasteiger charge is -2.21. The molecule has 0 radical (unpaired) electrons. The molecule has 19 heavy (non-hydrogen) atoms. The van der Waals surface area contributed by atoms with E-state index in [2.05, 4.69) is 10.6 Å². The Morgan fingerprint density at radius 1 is 1.21 bits per heavy atom. The summed E-state index contributed by atoms with van der Waals surface area (Å²) in [6.45, 7) is 4.54. The van der Waals surface area contributed by atoms with Gasteiger partial charge in [0.25, 0.3) is 0 Å². The van der Waals surface area contributed by atoms with Crippen LogP contribution >= 0.6 is 12.4 Å². The van der Waals surface area contributed by atoms with Crippen molar-refractivity contribution in [3.63, 3.8) is 0 Å². The maximum atomic E-state index is 11.9. The van der Waals surface area contributed by atoms with Crippen LogP contribution in [0.3, 0.4) is 0 Å². The molecule has 0 saturated heterocycles. The predicted octanol–water partition coefficient (Wildman–Crippen LogP) is 2.26. The molecule has 0 aromatic rings. The number of ether oxygens (including phenoxy) is 1. The van der Waals surface area contributed by atoms with Gasteiger partial charge in [-0.3, -0.25) is 4.79 Å². The number of likely N-dealkylation sites (N-methyl/N-ethyl adjacent to an activating group) is 1. The lowest BCUT2D eigenvalue weighted by atomic mass is 10.1. The average molecular weight is 293 g/mol. The van der Waals surface area contributed by atoms with Gasteiger partial charge in [-0.2, -0.15) is 0 Å². The Balaban J connectivity index is 0.00000324. The molecule has 114 valence electrons. The Kier molecular flexibility index (Phi) is 10.3. The van der Waals surface area contributed by atoms with Crippen LogP contribution in [0.4, 0.5) is 0 Å². The molecular weight excluding hydrogens is 264 g/mol. The molecule has 4 nitrogen and oxygen atoms in total. The zero-order valence-electron chi connectivity index (χ0n) is 12.4. The minimum atomic E-state index is -0.336. The number of hydrogen-bond donors (Lipinski definition) is 2. The first-order valence-electron chi connectivity index (χ1n) is 7.24. The fraction of sp³-hybridized carbons (Fsp3) is 0.929. The number of amides is 1. The third kappa shape index (κ3) is 7.75. The number of nitrogens with one attached hydrogen (secondary N) is 2. The molecule has 1 saturated carbocycles. The third-order valence-electron chi connectivity index (χ3n) is 3.64. The molecule has 0 aromatic heterocycles. The van der Waals surface area contributed by atoms with Gasteiger partial charge < -0.3 is 15.4 Å². The second kappa shape index (κ2) is 10.5. The number of rotatable bonds is 6. The second-order valence-electron chi connectivity index (χ2n) is 5.33. The van der Waals surface area contributed by atoms with Crippen molar-refractivity contribution in [3.05, 3.63) is 0 Å². The van der Waals surface area contributed by atoms with E-state index in [0.717, 1.165) is 12.8 Å². The van der Waals surface area contributed by atoms with Gasteiger partial charge in [0.05, 0.1) is 6.10 Å². The van der Waals surface area contributed by atoms with E-state index < -0.39 is 0 Å². The van der Waals surface area contributed by atoms with Crippen molar-refractivity contribution in [1.82, 2.24) is 10.6 Å². The van der Waals surface area contributed by atoms with Gasteiger partial charge in [0.1, 0.15) is 6.10 Å². The Morgan fingerprint density at radius 2 is 1.79 bits per heavy atom. The Hall–Kier alpha value is -0.320. The first-order valence-corrected chi connectivity index (χ1v) is 7.24. The molecule has 1 amide bonds. The van der Waals surface area contributed by atoms with E-state index in [1.165, 1.54) is 25.7 Å². The van der Waals surface area contributed by atoms with Crippen LogP contribution in [0.2, 0.25) is 0 Å². The van der Waals surface area contributed by atoms with Crippen molar-refractivity contribution >= 4 is 18.3 Å². The second-order valence-corrected chi connectivity index (χ2v) is 5.33. The lowest BCUT2D eigenvalue weighted by molar-refractivity contribution is -0.135. The summed E-state index contributed by atoms with van der Waals surface area (Å²) in [6.07, 6.45) is 7.22. The third-order valence-corrected chi connectivity index (χ3v) is 3.64. The van der Waals surface area contributed by atoms with Crippen molar-refractivity contribution in [2.24, 2.45) is 0 Å². The highest BCUT2D eigenvalue weighted by molar-refractivity contribution is 5.85. The monoisotopic (exact) mass is 292 g/mol. The molecule has 0 heterocycles. The molecule has 0 bridgehead atoms. The summed E-state index contributed by atoms with van der Waals surface area (Å²) >= 11 is 0. The Morgan fingerprint density at radius 3 is 2.32 bits per heavy atom. The number of carbonyl (C=O) groups is 1. The van der Waals surface area contributed by atoms with Crippen LogP contribution in [-0.2, 0) is 9.53 Å². The Bertz CT molecular complexity index is 244. The average Bonchev–Trinajstić information content (AvgIpc) is 2.63. The summed E-state index contributed by atoms with van der Waals surface area (Å²) < 4.78 is 5.87. The molecule has 1 aliphatic carbocycles. The fourth-order valence-corrected chi connectivity index (χ4v) is 2.23. The molecule has 2 unspecified atom stereocenters. The van der Waals surface area contributed by atoms with E-state index in [0.29, 0.717) is 12.6 Å². The normalized spacial score (nSPS) is 19.9. The standard InChI is InChI=1S/C14H28N2O2.ClH/c1-11(15-3)10-16-14(17)12(2)18-13-8-6-4-5-7-9-13;/h11-13,15H,4-10H2,1-3H3,(H,16,17);1H. The van der Waals surface area contributed by atoms with E-state index >= 15 is 0 Å². The summed E-state index contributed by atoms with van der Waals surface area (Å²) in [6, 6.07) is 0.291. The lowest BCUT2D eigenvalue weighted by Crippen LogP contribution is -2.42. The van der Waals surface area contributed by atoms with Crippen LogP contribution in [0.1, 0.15) is 52.4 Å². The molecule has 1 fully saturated rings. The van der Waals surface area contributed by atoms with Gasteiger partial charge >= 0.3 is 0 Å². The highest BCUT2D eigenvalue weighted by atomic mass is 35.5. The minimum Gasteiger partial charge on any atom is -0.365 e. The zero-order chi connectivity index (χ0) is 13.4. The van der Waals surface area contributed by atoms with Crippen molar-refractivity contribution in [2.75, 3.05) is 13.6 Å². The van der Waals surface area contributed by atoms with Crippen LogP contribution in [0.15, 0.2) is 0 Å². The van der Waals surface area contributed by atoms with E-state index in [1.54, 1.807) is 0 Å². The van der Waals surface area contributed by atoms with Crippen LogP contribution in [0, 0.1) is 0 Å². The summed E-state index contributed by atoms with van der Waals surface area (Å²) in [5.74, 6) is 0.00125. The highest BCUT2D eigenvalue weighted by Crippen LogP contribution is 2.20. The van der Waals surface area contributed by atoms with Crippen LogP contribution < -0.4 is 10.6 Å². The van der Waals surface area contributed by atoms with Gasteiger partial charge in [-0.15, -0.1) is 12.4 Å². The van der Waals surface area contributed by atoms with Gasteiger partial charge in [-0.05, 0) is 33.7 Å². The van der Waals surface area contributed by atoms with Crippen molar-refractivity contribution in [1.29, 1.82) is 0 Å². The Labute approximate surface area is 123 Å². The van der Waals surface area contributed by atoms with Gasteiger partial charge in [0.2, 0.25) is 5.91 Å². The van der Waals surface area contributed by atoms with Crippen molar-refractivity contribution in [3.8, 4) is 0 Å². The molecule has 0 spiro atoms. The largest absolute Gasteiger partial charge is 0.365 e. The summed E-state index contributed by atoms with van der Waals surface area (Å²) in [7, 11) is 1.89. The molecule has 0 aromatic carbocycles. The zero-order valence-corrected chi connectivity index (χ0v) is 13.2. The van der Waals surface area contributed by atoms with E-state index in [-0.39, 0.29) is 30.5 Å². The SMILES string of the molecule is CNC(C)CNC(=O)C(C)OC1CCCCCC1.Cl. The predicted molar refractivity (Wildman–Crippen MR) is 80.8 cm³/mol. The van der Waals surface area contributed by atoms with Gasteiger partial charge in [0.15, 0.2) is 0 Å². The highest BCUT2D eigenvalue weighted by Gasteiger charge is 2.20. The molecule has 2 atom stereocenters. The summed E-state index contributed by atoms with van der Waals surface area (Å²) in [5.41, 5.74) is 0.